The van der Waals surface area contributed by atoms with E-state index in [1.807, 2.05) is 65.6 Å². The summed E-state index contributed by atoms with van der Waals surface area (Å²) in [6.45, 7) is 2.11. The molecule has 0 aliphatic carbocycles. The average Bonchev–Trinajstić information content (AvgIpc) is 3.16. The van der Waals surface area contributed by atoms with E-state index in [-0.39, 0.29) is 11.6 Å². The van der Waals surface area contributed by atoms with Crippen LogP contribution in [0.25, 0.3) is 0 Å². The van der Waals surface area contributed by atoms with Gasteiger partial charge in [0.15, 0.2) is 5.16 Å². The highest BCUT2D eigenvalue weighted by Gasteiger charge is 2.29. The number of H-pyrrole nitrogens is 1. The second-order valence-corrected chi connectivity index (χ2v) is 8.57. The average molecular weight is 423 g/mol. The molecule has 4 rings (SSSR count). The van der Waals surface area contributed by atoms with E-state index in [1.165, 1.54) is 18.2 Å². The van der Waals surface area contributed by atoms with Gasteiger partial charge in [0.05, 0.1) is 0 Å². The summed E-state index contributed by atoms with van der Waals surface area (Å²) in [6, 6.07) is 19.8. The zero-order chi connectivity index (χ0) is 20.8. The fraction of sp³-hybridized carbons (Fsp3) is 0.348. The molecule has 1 fully saturated rings. The Labute approximate surface area is 180 Å². The number of aromatic amines is 1. The number of aromatic nitrogens is 3. The van der Waals surface area contributed by atoms with Crippen molar-refractivity contribution in [1.82, 2.24) is 19.7 Å². The van der Waals surface area contributed by atoms with Crippen LogP contribution in [0.3, 0.4) is 0 Å². The van der Waals surface area contributed by atoms with Gasteiger partial charge in [-0.2, -0.15) is 0 Å². The minimum Gasteiger partial charge on any atom is -0.341 e. The molecule has 0 spiro atoms. The first-order chi connectivity index (χ1) is 14.7. The van der Waals surface area contributed by atoms with Crippen LogP contribution in [0.5, 0.6) is 0 Å². The maximum Gasteiger partial charge on any atom is 0.343 e. The van der Waals surface area contributed by atoms with Crippen LogP contribution in [0.4, 0.5) is 0 Å². The van der Waals surface area contributed by atoms with Crippen molar-refractivity contribution in [3.05, 3.63) is 82.3 Å². The molecule has 7 heteroatoms. The van der Waals surface area contributed by atoms with Crippen molar-refractivity contribution in [1.29, 1.82) is 0 Å². The van der Waals surface area contributed by atoms with Gasteiger partial charge >= 0.3 is 5.69 Å². The second-order valence-electron chi connectivity index (χ2n) is 7.49. The predicted octanol–water partition coefficient (Wildman–Crippen LogP) is 3.66. The largest absolute Gasteiger partial charge is 0.343 e. The van der Waals surface area contributed by atoms with Crippen LogP contribution in [-0.2, 0) is 17.8 Å². The Hall–Kier alpha value is -2.80. The molecule has 1 aliphatic heterocycles. The van der Waals surface area contributed by atoms with Gasteiger partial charge in [-0.05, 0) is 36.8 Å². The fourth-order valence-corrected chi connectivity index (χ4v) is 4.90. The number of benzene rings is 2. The van der Waals surface area contributed by atoms with E-state index < -0.39 is 5.25 Å². The summed E-state index contributed by atoms with van der Waals surface area (Å²) in [5, 5.41) is 6.93. The van der Waals surface area contributed by atoms with Crippen LogP contribution < -0.4 is 5.69 Å². The first-order valence-corrected chi connectivity index (χ1v) is 11.3. The zero-order valence-electron chi connectivity index (χ0n) is 16.9. The van der Waals surface area contributed by atoms with Crippen molar-refractivity contribution in [2.24, 2.45) is 0 Å². The number of likely N-dealkylation sites (tertiary alicyclic amines) is 1. The van der Waals surface area contributed by atoms with Crippen molar-refractivity contribution >= 4 is 17.7 Å². The molecule has 0 radical (unpaired) electrons. The molecule has 1 N–H and O–H groups in total. The van der Waals surface area contributed by atoms with Crippen LogP contribution in [0.15, 0.2) is 70.6 Å². The number of nitrogens with zero attached hydrogens (tertiary/aromatic N) is 3. The van der Waals surface area contributed by atoms with Gasteiger partial charge in [-0.15, -0.1) is 5.10 Å². The first-order valence-electron chi connectivity index (χ1n) is 10.4. The van der Waals surface area contributed by atoms with Crippen molar-refractivity contribution in [2.45, 2.75) is 42.6 Å². The van der Waals surface area contributed by atoms with Crippen LogP contribution in [0, 0.1) is 0 Å². The second kappa shape index (κ2) is 9.80. The van der Waals surface area contributed by atoms with Gasteiger partial charge in [0, 0.05) is 19.6 Å². The van der Waals surface area contributed by atoms with E-state index in [2.05, 4.69) is 10.2 Å². The Morgan fingerprint density at radius 1 is 1.00 bits per heavy atom. The fourth-order valence-electron chi connectivity index (χ4n) is 3.75. The van der Waals surface area contributed by atoms with Gasteiger partial charge < -0.3 is 4.90 Å². The van der Waals surface area contributed by atoms with Gasteiger partial charge in [0.2, 0.25) is 5.91 Å². The zero-order valence-corrected chi connectivity index (χ0v) is 17.7. The van der Waals surface area contributed by atoms with Crippen molar-refractivity contribution < 1.29 is 4.79 Å². The Kier molecular flexibility index (Phi) is 6.69. The number of hydrogen-bond acceptors (Lipinski definition) is 4. The molecule has 1 aliphatic rings. The maximum absolute atomic E-state index is 13.4. The number of amides is 1. The number of thioether (sulfide) groups is 1. The predicted molar refractivity (Wildman–Crippen MR) is 118 cm³/mol. The standard InChI is InChI=1S/C23H26N4O2S/c28-21(26-15-8-3-9-16-26)20(19-12-6-2-7-13-19)30-23-25-24-22(29)27(23)17-14-18-10-4-1-5-11-18/h1-2,4-7,10-13,20H,3,8-9,14-17H2,(H,24,29)/t20-/m0/s1. The lowest BCUT2D eigenvalue weighted by molar-refractivity contribution is -0.131. The molecular formula is C23H26N4O2S. The molecule has 1 saturated heterocycles. The van der Waals surface area contributed by atoms with Gasteiger partial charge in [0.25, 0.3) is 0 Å². The number of rotatable bonds is 7. The summed E-state index contributed by atoms with van der Waals surface area (Å²) in [7, 11) is 0. The lowest BCUT2D eigenvalue weighted by atomic mass is 10.1. The monoisotopic (exact) mass is 422 g/mol. The number of carbonyl (C=O) groups is 1. The lowest BCUT2D eigenvalue weighted by Crippen LogP contribution is -2.38. The van der Waals surface area contributed by atoms with Gasteiger partial charge in [-0.1, -0.05) is 72.4 Å². The highest BCUT2D eigenvalue weighted by molar-refractivity contribution is 8.00. The number of carbonyl (C=O) groups excluding carboxylic acids is 1. The Morgan fingerprint density at radius 2 is 1.67 bits per heavy atom. The van der Waals surface area contributed by atoms with Crippen molar-refractivity contribution in [3.63, 3.8) is 0 Å². The van der Waals surface area contributed by atoms with Crippen molar-refractivity contribution in [2.75, 3.05) is 13.1 Å². The van der Waals surface area contributed by atoms with Crippen LogP contribution in [0.1, 0.15) is 35.6 Å². The normalized spacial score (nSPS) is 15.1. The third-order valence-corrected chi connectivity index (χ3v) is 6.64. The van der Waals surface area contributed by atoms with Gasteiger partial charge in [0.1, 0.15) is 5.25 Å². The first kappa shape index (κ1) is 20.5. The molecule has 0 bridgehead atoms. The Balaban J connectivity index is 1.57. The smallest absolute Gasteiger partial charge is 0.341 e. The molecule has 2 aromatic carbocycles. The molecule has 1 amide bonds. The van der Waals surface area contributed by atoms with Crippen LogP contribution in [-0.4, -0.2) is 38.7 Å². The summed E-state index contributed by atoms with van der Waals surface area (Å²) in [5.74, 6) is 0.0935. The molecule has 3 aromatic rings. The summed E-state index contributed by atoms with van der Waals surface area (Å²) in [6.07, 6.45) is 3.99. The SMILES string of the molecule is O=C([C@@H](Sc1n[nH]c(=O)n1CCc1ccccc1)c1ccccc1)N1CCCCC1. The molecule has 1 aromatic heterocycles. The molecular weight excluding hydrogens is 396 g/mol. The number of hydrogen-bond donors (Lipinski definition) is 1. The van der Waals surface area contributed by atoms with E-state index >= 15 is 0 Å². The Morgan fingerprint density at radius 3 is 2.37 bits per heavy atom. The molecule has 6 nitrogen and oxygen atoms in total. The molecule has 30 heavy (non-hydrogen) atoms. The highest BCUT2D eigenvalue weighted by Crippen LogP contribution is 2.36. The number of aryl methyl sites for hydroxylation is 1. The summed E-state index contributed by atoms with van der Waals surface area (Å²) < 4.78 is 1.64. The van der Waals surface area contributed by atoms with E-state index in [9.17, 15) is 9.59 Å². The number of piperidine rings is 1. The minimum absolute atomic E-state index is 0.0935. The quantitative estimate of drug-likeness (QED) is 0.590. The molecule has 1 atom stereocenters. The van der Waals surface area contributed by atoms with E-state index in [0.717, 1.165) is 43.5 Å². The molecule has 0 saturated carbocycles. The molecule has 0 unspecified atom stereocenters. The van der Waals surface area contributed by atoms with Gasteiger partial charge in [-0.25, -0.2) is 9.89 Å². The van der Waals surface area contributed by atoms with Gasteiger partial charge in [-0.3, -0.25) is 9.36 Å². The van der Waals surface area contributed by atoms with E-state index in [4.69, 9.17) is 0 Å². The van der Waals surface area contributed by atoms with Crippen LogP contribution >= 0.6 is 11.8 Å². The molecule has 156 valence electrons. The van der Waals surface area contributed by atoms with Crippen LogP contribution in [0.2, 0.25) is 0 Å². The minimum atomic E-state index is -0.421. The highest BCUT2D eigenvalue weighted by atomic mass is 32.2. The summed E-state index contributed by atoms with van der Waals surface area (Å²) in [5.41, 5.74) is 1.85. The topological polar surface area (TPSA) is 71.0 Å². The lowest BCUT2D eigenvalue weighted by Gasteiger charge is -2.30. The van der Waals surface area contributed by atoms with E-state index in [1.54, 1.807) is 4.57 Å². The third-order valence-electron chi connectivity index (χ3n) is 5.41. The summed E-state index contributed by atoms with van der Waals surface area (Å²) in [4.78, 5) is 27.7. The third kappa shape index (κ3) is 4.84. The molecule has 2 heterocycles. The number of nitrogens with one attached hydrogen (secondary N) is 1. The summed E-state index contributed by atoms with van der Waals surface area (Å²) >= 11 is 1.36. The maximum atomic E-state index is 13.4. The Bertz CT molecular complexity index is 1010. The van der Waals surface area contributed by atoms with E-state index in [0.29, 0.717) is 11.7 Å². The van der Waals surface area contributed by atoms with Crippen molar-refractivity contribution in [3.8, 4) is 0 Å².